The largest absolute Gasteiger partial charge is 0.433 e. The average Bonchev–Trinajstić information content (AvgIpc) is 3.10. The number of pyridine rings is 1. The molecule has 0 aliphatic carbocycles. The molecule has 0 radical (unpaired) electrons. The number of rotatable bonds is 4. The number of alkyl halides is 3. The number of aryl methyl sites for hydroxylation is 1. The number of morpholine rings is 1. The molecule has 142 valence electrons. The van der Waals surface area contributed by atoms with Crippen LogP contribution in [0.2, 0.25) is 0 Å². The zero-order valence-electron chi connectivity index (χ0n) is 13.8. The van der Waals surface area contributed by atoms with Crippen LogP contribution in [0.4, 0.5) is 13.2 Å². The van der Waals surface area contributed by atoms with Crippen molar-refractivity contribution in [1.29, 1.82) is 0 Å². The predicted octanol–water partition coefficient (Wildman–Crippen LogP) is 2.08. The molecule has 0 amide bonds. The zero-order valence-corrected chi connectivity index (χ0v) is 14.7. The molecule has 0 N–H and O–H groups in total. The third kappa shape index (κ3) is 3.74. The average molecular weight is 390 g/mol. The molecule has 1 aliphatic rings. The second kappa shape index (κ2) is 6.97. The summed E-state index contributed by atoms with van der Waals surface area (Å²) >= 11 is 0. The minimum absolute atomic E-state index is 0.0543. The minimum atomic E-state index is -4.62. The third-order valence-electron chi connectivity index (χ3n) is 4.04. The molecule has 2 aromatic rings. The Morgan fingerprint density at radius 2 is 2.08 bits per heavy atom. The van der Waals surface area contributed by atoms with Crippen LogP contribution in [0.5, 0.6) is 0 Å². The van der Waals surface area contributed by atoms with Crippen LogP contribution in [-0.4, -0.2) is 47.2 Å². The van der Waals surface area contributed by atoms with Crippen molar-refractivity contribution in [3.8, 4) is 0 Å². The minimum Gasteiger partial charge on any atom is -0.371 e. The Hall–Kier alpha value is -1.98. The van der Waals surface area contributed by atoms with Crippen molar-refractivity contribution in [1.82, 2.24) is 19.1 Å². The molecule has 1 atom stereocenters. The first-order valence-electron chi connectivity index (χ1n) is 7.89. The highest BCUT2D eigenvalue weighted by Crippen LogP contribution is 2.29. The summed E-state index contributed by atoms with van der Waals surface area (Å²) in [4.78, 5) is 2.95. The van der Waals surface area contributed by atoms with E-state index >= 15 is 0 Å². The van der Waals surface area contributed by atoms with Crippen molar-refractivity contribution < 1.29 is 26.3 Å². The van der Waals surface area contributed by atoms with Crippen LogP contribution < -0.4 is 0 Å². The van der Waals surface area contributed by atoms with Gasteiger partial charge >= 0.3 is 6.18 Å². The molecule has 0 spiro atoms. The molecular formula is C15H17F3N4O3S. The van der Waals surface area contributed by atoms with Crippen molar-refractivity contribution in [2.45, 2.75) is 30.6 Å². The van der Waals surface area contributed by atoms with Crippen LogP contribution in [-0.2, 0) is 27.5 Å². The molecule has 1 fully saturated rings. The van der Waals surface area contributed by atoms with Gasteiger partial charge in [-0.2, -0.15) is 22.6 Å². The lowest BCUT2D eigenvalue weighted by molar-refractivity contribution is -0.141. The number of ether oxygens (including phenoxy) is 1. The molecule has 0 aromatic carbocycles. The molecular weight excluding hydrogens is 373 g/mol. The molecule has 26 heavy (non-hydrogen) atoms. The highest BCUT2D eigenvalue weighted by atomic mass is 32.2. The van der Waals surface area contributed by atoms with Crippen molar-refractivity contribution in [2.75, 3.05) is 19.7 Å². The van der Waals surface area contributed by atoms with Crippen molar-refractivity contribution in [2.24, 2.45) is 0 Å². The van der Waals surface area contributed by atoms with Gasteiger partial charge in [-0.3, -0.25) is 9.67 Å². The Balaban J connectivity index is 1.80. The lowest BCUT2D eigenvalue weighted by Crippen LogP contribution is -2.42. The normalized spacial score (nSPS) is 19.6. The van der Waals surface area contributed by atoms with E-state index in [4.69, 9.17) is 4.74 Å². The molecule has 1 aliphatic heterocycles. The first-order valence-corrected chi connectivity index (χ1v) is 9.33. The summed E-state index contributed by atoms with van der Waals surface area (Å²) in [5.74, 6) is 0. The Bertz CT molecular complexity index is 865. The summed E-state index contributed by atoms with van der Waals surface area (Å²) in [5.41, 5.74) is -0.388. The monoisotopic (exact) mass is 390 g/mol. The molecule has 2 aromatic heterocycles. The van der Waals surface area contributed by atoms with E-state index in [9.17, 15) is 21.6 Å². The first kappa shape index (κ1) is 18.8. The fourth-order valence-corrected chi connectivity index (χ4v) is 3.98. The van der Waals surface area contributed by atoms with E-state index in [1.54, 1.807) is 17.1 Å². The van der Waals surface area contributed by atoms with Gasteiger partial charge in [0.2, 0.25) is 10.0 Å². The second-order valence-electron chi connectivity index (χ2n) is 5.73. The maximum absolute atomic E-state index is 12.7. The summed E-state index contributed by atoms with van der Waals surface area (Å²) in [6.45, 7) is 2.94. The highest BCUT2D eigenvalue weighted by molar-refractivity contribution is 7.89. The van der Waals surface area contributed by atoms with Gasteiger partial charge < -0.3 is 4.74 Å². The van der Waals surface area contributed by atoms with Gasteiger partial charge in [0.15, 0.2) is 0 Å². The molecule has 3 rings (SSSR count). The Morgan fingerprint density at radius 1 is 1.31 bits per heavy atom. The maximum Gasteiger partial charge on any atom is 0.433 e. The van der Waals surface area contributed by atoms with Gasteiger partial charge in [0.05, 0.1) is 18.9 Å². The van der Waals surface area contributed by atoms with Crippen LogP contribution in [0, 0.1) is 0 Å². The lowest BCUT2D eigenvalue weighted by atomic mass is 10.2. The molecule has 0 bridgehead atoms. The van der Waals surface area contributed by atoms with Crippen LogP contribution in [0.3, 0.4) is 0 Å². The van der Waals surface area contributed by atoms with Crippen LogP contribution in [0.1, 0.15) is 24.3 Å². The maximum atomic E-state index is 12.7. The summed E-state index contributed by atoms with van der Waals surface area (Å²) in [6.07, 6.45) is -0.977. The summed E-state index contributed by atoms with van der Waals surface area (Å²) in [7, 11) is -3.97. The molecule has 3 heterocycles. The number of sulfonamides is 1. The Kier molecular flexibility index (Phi) is 5.04. The zero-order chi connectivity index (χ0) is 18.9. The van der Waals surface area contributed by atoms with Gasteiger partial charge in [-0.15, -0.1) is 0 Å². The van der Waals surface area contributed by atoms with Gasteiger partial charge in [0.1, 0.15) is 10.6 Å². The Morgan fingerprint density at radius 3 is 2.65 bits per heavy atom. The van der Waals surface area contributed by atoms with Crippen molar-refractivity contribution >= 4 is 10.0 Å². The van der Waals surface area contributed by atoms with E-state index in [2.05, 4.69) is 10.1 Å². The van der Waals surface area contributed by atoms with E-state index < -0.39 is 28.0 Å². The summed E-state index contributed by atoms with van der Waals surface area (Å²) < 4.78 is 71.7. The van der Waals surface area contributed by atoms with Crippen LogP contribution in [0.15, 0.2) is 35.6 Å². The Labute approximate surface area is 148 Å². The third-order valence-corrected chi connectivity index (χ3v) is 5.89. The predicted molar refractivity (Wildman–Crippen MR) is 84.6 cm³/mol. The van der Waals surface area contributed by atoms with E-state index in [1.165, 1.54) is 4.31 Å². The molecule has 0 saturated carbocycles. The van der Waals surface area contributed by atoms with Crippen LogP contribution in [0.25, 0.3) is 0 Å². The van der Waals surface area contributed by atoms with Gasteiger partial charge in [-0.1, -0.05) is 0 Å². The fourth-order valence-electron chi connectivity index (χ4n) is 2.61. The van der Waals surface area contributed by atoms with Gasteiger partial charge in [0, 0.05) is 37.6 Å². The second-order valence-corrected chi connectivity index (χ2v) is 7.67. The van der Waals surface area contributed by atoms with Gasteiger partial charge in [-0.05, 0) is 19.1 Å². The van der Waals surface area contributed by atoms with E-state index in [0.29, 0.717) is 12.6 Å². The first-order chi connectivity index (χ1) is 12.2. The number of nitrogens with zero attached hydrogens (tertiary/aromatic N) is 4. The molecule has 7 nitrogen and oxygen atoms in total. The van der Waals surface area contributed by atoms with Gasteiger partial charge in [0.25, 0.3) is 0 Å². The van der Waals surface area contributed by atoms with E-state index in [0.717, 1.165) is 17.8 Å². The van der Waals surface area contributed by atoms with E-state index in [-0.39, 0.29) is 24.6 Å². The number of hydrogen-bond donors (Lipinski definition) is 0. The number of halogens is 3. The molecule has 11 heteroatoms. The van der Waals surface area contributed by atoms with Crippen molar-refractivity contribution in [3.63, 3.8) is 0 Å². The van der Waals surface area contributed by atoms with E-state index in [1.807, 2.05) is 6.92 Å². The highest BCUT2D eigenvalue weighted by Gasteiger charge is 2.35. The summed E-state index contributed by atoms with van der Waals surface area (Å²) in [5, 5.41) is 4.14. The topological polar surface area (TPSA) is 77.3 Å². The smallest absolute Gasteiger partial charge is 0.371 e. The molecule has 1 saturated heterocycles. The summed E-state index contributed by atoms with van der Waals surface area (Å²) in [6, 6.07) is 1.58. The number of hydrogen-bond acceptors (Lipinski definition) is 5. The van der Waals surface area contributed by atoms with Crippen molar-refractivity contribution in [3.05, 3.63) is 42.0 Å². The molecule has 0 unspecified atom stereocenters. The SMILES string of the molecule is CCn1cc([C@@H]2CN(S(=O)(=O)c3ccc(C(F)(F)F)nc3)CCO2)cn1. The van der Waals surface area contributed by atoms with Gasteiger partial charge in [-0.25, -0.2) is 8.42 Å². The quantitative estimate of drug-likeness (QED) is 0.799. The fraction of sp³-hybridized carbons (Fsp3) is 0.467. The lowest BCUT2D eigenvalue weighted by Gasteiger charge is -2.31. The van der Waals surface area contributed by atoms with Crippen LogP contribution >= 0.6 is 0 Å². The standard InChI is InChI=1S/C15H17F3N4O3S/c1-2-21-9-11(7-20-21)13-10-22(5-6-25-13)26(23,24)12-3-4-14(19-8-12)15(16,17)18/h3-4,7-9,13H,2,5-6,10H2,1H3/t13-/m0/s1. The number of aromatic nitrogens is 3.